The first-order valence-electron chi connectivity index (χ1n) is 10.7. The molecule has 2 aliphatic heterocycles. The van der Waals surface area contributed by atoms with Crippen LogP contribution < -0.4 is 14.9 Å². The Morgan fingerprint density at radius 1 is 1.28 bits per heavy atom. The van der Waals surface area contributed by atoms with Crippen LogP contribution in [0.15, 0.2) is 23.3 Å². The molecule has 0 aliphatic carbocycles. The molecule has 1 aromatic rings. The molecule has 3 unspecified atom stereocenters. The molecule has 2 heterocycles. The quantitative estimate of drug-likeness (QED) is 0.590. The lowest BCUT2D eigenvalue weighted by atomic mass is 10.0. The van der Waals surface area contributed by atoms with Crippen molar-refractivity contribution in [2.75, 3.05) is 46.6 Å². The first-order valence-corrected chi connectivity index (χ1v) is 12.0. The zero-order chi connectivity index (χ0) is 23.1. The largest absolute Gasteiger partial charge is 0.493 e. The van der Waals surface area contributed by atoms with Crippen molar-refractivity contribution < 1.29 is 31.6 Å². The van der Waals surface area contributed by atoms with Crippen LogP contribution in [0.25, 0.3) is 0 Å². The van der Waals surface area contributed by atoms with Gasteiger partial charge in [-0.2, -0.15) is 18.3 Å². The van der Waals surface area contributed by atoms with Gasteiger partial charge in [0.05, 0.1) is 42.1 Å². The first-order chi connectivity index (χ1) is 15.3. The van der Waals surface area contributed by atoms with E-state index in [9.17, 15) is 17.4 Å². The number of hydrazone groups is 1. The predicted octanol–water partition coefficient (Wildman–Crippen LogP) is 2.91. The molecular weight excluding hydrogens is 447 g/mol. The van der Waals surface area contributed by atoms with E-state index in [-0.39, 0.29) is 22.1 Å². The second kappa shape index (κ2) is 11.3. The van der Waals surface area contributed by atoms with Crippen LogP contribution in [0.3, 0.4) is 0 Å². The lowest BCUT2D eigenvalue weighted by Gasteiger charge is -2.30. The lowest BCUT2D eigenvalue weighted by molar-refractivity contribution is -0.153. The van der Waals surface area contributed by atoms with Gasteiger partial charge in [0.15, 0.2) is 18.1 Å². The number of morpholine rings is 1. The second-order valence-electron chi connectivity index (χ2n) is 7.71. The van der Waals surface area contributed by atoms with E-state index in [1.54, 1.807) is 6.07 Å². The Morgan fingerprint density at radius 3 is 2.69 bits per heavy atom. The van der Waals surface area contributed by atoms with Gasteiger partial charge in [0.25, 0.3) is 0 Å². The molecule has 1 aromatic carbocycles. The summed E-state index contributed by atoms with van der Waals surface area (Å²) in [5, 5.41) is 3.89. The fourth-order valence-corrected chi connectivity index (χ4v) is 5.49. The van der Waals surface area contributed by atoms with Crippen molar-refractivity contribution in [3.63, 3.8) is 0 Å². The number of hydrogen-bond donors (Lipinski definition) is 1. The van der Waals surface area contributed by atoms with Gasteiger partial charge in [-0.1, -0.05) is 6.92 Å². The molecule has 3 rings (SSSR count). The minimum absolute atomic E-state index is 0.0294. The first kappa shape index (κ1) is 24.8. The SMILES string of the molecule is CCC1C(c2ccc(OC)c(OCC(F)(F)F)c2)=NNC(CCCN2CCOCC2)S1=O. The topological polar surface area (TPSA) is 72.4 Å². The van der Waals surface area contributed by atoms with Gasteiger partial charge >= 0.3 is 6.18 Å². The summed E-state index contributed by atoms with van der Waals surface area (Å²) in [6, 6.07) is 4.69. The lowest BCUT2D eigenvalue weighted by Crippen LogP contribution is -2.45. The Kier molecular flexibility index (Phi) is 8.78. The highest BCUT2D eigenvalue weighted by Crippen LogP contribution is 2.32. The second-order valence-corrected chi connectivity index (χ2v) is 9.50. The number of hydrogen-bond acceptors (Lipinski definition) is 7. The fourth-order valence-electron chi connectivity index (χ4n) is 3.80. The summed E-state index contributed by atoms with van der Waals surface area (Å²) in [5.41, 5.74) is 4.12. The van der Waals surface area contributed by atoms with E-state index in [1.807, 2.05) is 6.92 Å². The number of rotatable bonds is 9. The molecule has 0 spiro atoms. The third kappa shape index (κ3) is 6.58. The minimum Gasteiger partial charge on any atom is -0.493 e. The zero-order valence-corrected chi connectivity index (χ0v) is 19.1. The third-order valence-electron chi connectivity index (χ3n) is 5.46. The molecule has 3 atom stereocenters. The summed E-state index contributed by atoms with van der Waals surface area (Å²) < 4.78 is 66.5. The molecule has 1 N–H and O–H groups in total. The van der Waals surface area contributed by atoms with Crippen LogP contribution in [0.2, 0.25) is 0 Å². The molecular formula is C21H30F3N3O4S. The van der Waals surface area contributed by atoms with Gasteiger partial charge in [0, 0.05) is 18.7 Å². The molecule has 0 bridgehead atoms. The highest BCUT2D eigenvalue weighted by atomic mass is 32.2. The zero-order valence-electron chi connectivity index (χ0n) is 18.3. The summed E-state index contributed by atoms with van der Waals surface area (Å²) in [6.07, 6.45) is -2.26. The number of nitrogens with zero attached hydrogens (tertiary/aromatic N) is 2. The Hall–Kier alpha value is -1.85. The number of methoxy groups -OCH3 is 1. The maximum atomic E-state index is 13.2. The van der Waals surface area contributed by atoms with E-state index >= 15 is 0 Å². The Morgan fingerprint density at radius 2 is 2.03 bits per heavy atom. The molecule has 180 valence electrons. The smallest absolute Gasteiger partial charge is 0.422 e. The van der Waals surface area contributed by atoms with Crippen LogP contribution in [-0.4, -0.2) is 78.2 Å². The maximum absolute atomic E-state index is 13.2. The molecule has 7 nitrogen and oxygen atoms in total. The Balaban J connectivity index is 1.69. The number of benzene rings is 1. The molecule has 0 aromatic heterocycles. The van der Waals surface area contributed by atoms with Gasteiger partial charge in [-0.3, -0.25) is 14.5 Å². The van der Waals surface area contributed by atoms with E-state index in [0.29, 0.717) is 17.7 Å². The molecule has 2 aliphatic rings. The summed E-state index contributed by atoms with van der Waals surface area (Å²) >= 11 is 0. The molecule has 1 saturated heterocycles. The van der Waals surface area contributed by atoms with Crippen molar-refractivity contribution in [3.05, 3.63) is 23.8 Å². The fraction of sp³-hybridized carbons (Fsp3) is 0.667. The van der Waals surface area contributed by atoms with Gasteiger partial charge in [0.1, 0.15) is 5.37 Å². The molecule has 0 radical (unpaired) electrons. The maximum Gasteiger partial charge on any atom is 0.422 e. The van der Waals surface area contributed by atoms with E-state index in [0.717, 1.165) is 45.7 Å². The predicted molar refractivity (Wildman–Crippen MR) is 117 cm³/mol. The minimum atomic E-state index is -4.47. The van der Waals surface area contributed by atoms with Gasteiger partial charge < -0.3 is 14.2 Å². The number of ether oxygens (including phenoxy) is 3. The average Bonchev–Trinajstić information content (AvgIpc) is 2.78. The third-order valence-corrected chi connectivity index (χ3v) is 7.48. The molecule has 0 saturated carbocycles. The van der Waals surface area contributed by atoms with E-state index < -0.39 is 23.6 Å². The van der Waals surface area contributed by atoms with Crippen molar-refractivity contribution >= 4 is 16.5 Å². The molecule has 0 amide bonds. The molecule has 11 heteroatoms. The van der Waals surface area contributed by atoms with Crippen molar-refractivity contribution in [2.45, 2.75) is 43.0 Å². The van der Waals surface area contributed by atoms with Crippen LogP contribution in [0.5, 0.6) is 11.5 Å². The molecule has 32 heavy (non-hydrogen) atoms. The van der Waals surface area contributed by atoms with Crippen LogP contribution in [-0.2, 0) is 15.5 Å². The summed E-state index contributed by atoms with van der Waals surface area (Å²) in [6.45, 7) is 4.75. The van der Waals surface area contributed by atoms with Crippen molar-refractivity contribution in [3.8, 4) is 11.5 Å². The van der Waals surface area contributed by atoms with Crippen molar-refractivity contribution in [2.24, 2.45) is 5.10 Å². The van der Waals surface area contributed by atoms with Crippen LogP contribution in [0, 0.1) is 0 Å². The Labute approximate surface area is 188 Å². The van der Waals surface area contributed by atoms with Gasteiger partial charge in [-0.15, -0.1) is 0 Å². The van der Waals surface area contributed by atoms with Crippen LogP contribution in [0.4, 0.5) is 13.2 Å². The van der Waals surface area contributed by atoms with Gasteiger partial charge in [0.2, 0.25) is 0 Å². The van der Waals surface area contributed by atoms with E-state index in [4.69, 9.17) is 14.2 Å². The number of nitrogens with one attached hydrogen (secondary N) is 1. The van der Waals surface area contributed by atoms with E-state index in [1.165, 1.54) is 19.2 Å². The summed E-state index contributed by atoms with van der Waals surface area (Å²) in [5.74, 6) is 0.163. The summed E-state index contributed by atoms with van der Waals surface area (Å²) in [4.78, 5) is 2.33. The average molecular weight is 478 g/mol. The van der Waals surface area contributed by atoms with Crippen LogP contribution in [0.1, 0.15) is 31.7 Å². The Bertz CT molecular complexity index is 816. The van der Waals surface area contributed by atoms with Gasteiger partial charge in [-0.25, -0.2) is 0 Å². The number of halogens is 3. The standard InChI is InChI=1S/C21H30F3N3O4S/c1-3-18-20(15-6-7-16(29-2)17(13-15)31-14-21(22,23)24)26-25-19(32(18)28)5-4-8-27-9-11-30-12-10-27/h6-7,13,18-19,25H,3-5,8-12,14H2,1-2H3. The molecule has 1 fully saturated rings. The van der Waals surface area contributed by atoms with Crippen molar-refractivity contribution in [1.29, 1.82) is 0 Å². The van der Waals surface area contributed by atoms with Crippen molar-refractivity contribution in [1.82, 2.24) is 10.3 Å². The normalized spacial score (nSPS) is 24.5. The van der Waals surface area contributed by atoms with Crippen LogP contribution >= 0.6 is 0 Å². The van der Waals surface area contributed by atoms with Gasteiger partial charge in [-0.05, 0) is 44.0 Å². The highest BCUT2D eigenvalue weighted by Gasteiger charge is 2.34. The number of alkyl halides is 3. The monoisotopic (exact) mass is 477 g/mol. The highest BCUT2D eigenvalue weighted by molar-refractivity contribution is 7.87. The summed E-state index contributed by atoms with van der Waals surface area (Å²) in [7, 11) is 0.140. The van der Waals surface area contributed by atoms with E-state index in [2.05, 4.69) is 15.4 Å².